The van der Waals surface area contributed by atoms with E-state index in [4.69, 9.17) is 0 Å². The van der Waals surface area contributed by atoms with Crippen LogP contribution in [0, 0.1) is 5.92 Å². The van der Waals surface area contributed by atoms with Crippen molar-refractivity contribution in [2.24, 2.45) is 11.0 Å². The van der Waals surface area contributed by atoms with Crippen LogP contribution < -0.4 is 5.43 Å². The van der Waals surface area contributed by atoms with E-state index in [0.29, 0.717) is 0 Å². The maximum atomic E-state index is 11.4. The minimum absolute atomic E-state index is 0.130. The molecular formula is C10H16N2O. The third-order valence-electron chi connectivity index (χ3n) is 2.98. The number of hydrogen-bond acceptors (Lipinski definition) is 2. The molecule has 2 aliphatic carbocycles. The summed E-state index contributed by atoms with van der Waals surface area (Å²) in [4.78, 5) is 11.4. The third kappa shape index (κ3) is 2.08. The topological polar surface area (TPSA) is 41.5 Å². The molecule has 2 aliphatic rings. The monoisotopic (exact) mass is 180 g/mol. The second kappa shape index (κ2) is 3.90. The first-order valence-corrected chi connectivity index (χ1v) is 5.21. The van der Waals surface area contributed by atoms with Crippen molar-refractivity contribution in [1.82, 2.24) is 5.43 Å². The van der Waals surface area contributed by atoms with Crippen LogP contribution in [0.5, 0.6) is 0 Å². The van der Waals surface area contributed by atoms with Gasteiger partial charge in [0.2, 0.25) is 5.91 Å². The molecule has 0 aliphatic heterocycles. The van der Waals surface area contributed by atoms with Crippen LogP contribution in [-0.4, -0.2) is 11.6 Å². The summed E-state index contributed by atoms with van der Waals surface area (Å²) in [7, 11) is 0. The maximum Gasteiger partial charge on any atom is 0.243 e. The summed E-state index contributed by atoms with van der Waals surface area (Å²) in [6.07, 6.45) is 7.92. The van der Waals surface area contributed by atoms with E-state index in [0.717, 1.165) is 25.7 Å². The van der Waals surface area contributed by atoms with Crippen molar-refractivity contribution >= 4 is 11.6 Å². The van der Waals surface area contributed by atoms with Crippen molar-refractivity contribution in [1.29, 1.82) is 0 Å². The van der Waals surface area contributed by atoms with Crippen molar-refractivity contribution in [2.45, 2.75) is 44.9 Å². The van der Waals surface area contributed by atoms with Crippen LogP contribution in [0.15, 0.2) is 5.10 Å². The zero-order valence-electron chi connectivity index (χ0n) is 7.88. The molecule has 2 saturated carbocycles. The van der Waals surface area contributed by atoms with Crippen molar-refractivity contribution in [3.63, 3.8) is 0 Å². The van der Waals surface area contributed by atoms with Crippen LogP contribution in [0.1, 0.15) is 44.9 Å². The molecule has 3 heteroatoms. The highest BCUT2D eigenvalue weighted by molar-refractivity contribution is 5.88. The first kappa shape index (κ1) is 8.73. The summed E-state index contributed by atoms with van der Waals surface area (Å²) in [5, 5.41) is 4.14. The Morgan fingerprint density at radius 3 is 2.46 bits per heavy atom. The first-order valence-electron chi connectivity index (χ1n) is 5.21. The van der Waals surface area contributed by atoms with Crippen LogP contribution in [-0.2, 0) is 4.79 Å². The van der Waals surface area contributed by atoms with E-state index in [1.54, 1.807) is 0 Å². The van der Waals surface area contributed by atoms with Crippen molar-refractivity contribution < 1.29 is 4.79 Å². The number of carbonyl (C=O) groups is 1. The van der Waals surface area contributed by atoms with Crippen molar-refractivity contribution in [3.05, 3.63) is 0 Å². The number of rotatable bonds is 2. The molecule has 3 nitrogen and oxygen atoms in total. The van der Waals surface area contributed by atoms with Crippen molar-refractivity contribution in [3.8, 4) is 0 Å². The van der Waals surface area contributed by atoms with E-state index in [1.165, 1.54) is 25.0 Å². The molecule has 1 amide bonds. The molecule has 13 heavy (non-hydrogen) atoms. The summed E-state index contributed by atoms with van der Waals surface area (Å²) >= 11 is 0. The average molecular weight is 180 g/mol. The number of amides is 1. The van der Waals surface area contributed by atoms with Gasteiger partial charge < -0.3 is 0 Å². The average Bonchev–Trinajstić information content (AvgIpc) is 2.49. The van der Waals surface area contributed by atoms with Crippen LogP contribution in [0.3, 0.4) is 0 Å². The summed E-state index contributed by atoms with van der Waals surface area (Å²) in [5.74, 6) is 0.386. The molecule has 0 radical (unpaired) electrons. The molecule has 0 unspecified atom stereocenters. The van der Waals surface area contributed by atoms with Gasteiger partial charge in [-0.15, -0.1) is 0 Å². The Bertz CT molecular complexity index is 223. The minimum atomic E-state index is 0.130. The van der Waals surface area contributed by atoms with E-state index in [-0.39, 0.29) is 11.8 Å². The van der Waals surface area contributed by atoms with E-state index in [2.05, 4.69) is 10.5 Å². The number of nitrogens with zero attached hydrogens (tertiary/aromatic N) is 1. The number of carbonyl (C=O) groups excluding carboxylic acids is 1. The van der Waals surface area contributed by atoms with Crippen LogP contribution in [0.4, 0.5) is 0 Å². The lowest BCUT2D eigenvalue weighted by molar-refractivity contribution is -0.127. The summed E-state index contributed by atoms with van der Waals surface area (Å²) in [6.45, 7) is 0. The Morgan fingerprint density at radius 1 is 1.23 bits per heavy atom. The van der Waals surface area contributed by atoms with Crippen LogP contribution in [0.25, 0.3) is 0 Å². The van der Waals surface area contributed by atoms with Crippen molar-refractivity contribution in [2.75, 3.05) is 0 Å². The predicted octanol–water partition coefficient (Wildman–Crippen LogP) is 1.83. The van der Waals surface area contributed by atoms with Gasteiger partial charge in [0.15, 0.2) is 0 Å². The molecule has 72 valence electrons. The SMILES string of the molecule is O=C(NN=C1CCCC1)C1CCC1. The second-order valence-electron chi connectivity index (χ2n) is 3.99. The molecular weight excluding hydrogens is 164 g/mol. The van der Waals surface area contributed by atoms with Gasteiger partial charge in [0.25, 0.3) is 0 Å². The molecule has 1 N–H and O–H groups in total. The van der Waals surface area contributed by atoms with E-state index < -0.39 is 0 Å². The van der Waals surface area contributed by atoms with E-state index in [1.807, 2.05) is 0 Å². The summed E-state index contributed by atoms with van der Waals surface area (Å²) in [6, 6.07) is 0. The van der Waals surface area contributed by atoms with Gasteiger partial charge in [0, 0.05) is 11.6 Å². The molecule has 2 rings (SSSR count). The highest BCUT2D eigenvalue weighted by Crippen LogP contribution is 2.26. The highest BCUT2D eigenvalue weighted by Gasteiger charge is 2.24. The quantitative estimate of drug-likeness (QED) is 0.647. The standard InChI is InChI=1S/C10H16N2O/c13-10(8-4-3-5-8)12-11-9-6-1-2-7-9/h8H,1-7H2,(H,12,13). The fraction of sp³-hybridized carbons (Fsp3) is 0.800. The molecule has 0 aromatic heterocycles. The zero-order valence-corrected chi connectivity index (χ0v) is 7.88. The fourth-order valence-corrected chi connectivity index (χ4v) is 1.79. The first-order chi connectivity index (χ1) is 6.36. The maximum absolute atomic E-state index is 11.4. The molecule has 0 heterocycles. The number of nitrogens with one attached hydrogen (secondary N) is 1. The molecule has 0 bridgehead atoms. The van der Waals surface area contributed by atoms with Gasteiger partial charge in [-0.2, -0.15) is 5.10 Å². The Hall–Kier alpha value is -0.860. The molecule has 0 aromatic rings. The molecule has 2 fully saturated rings. The van der Waals surface area contributed by atoms with Crippen LogP contribution in [0.2, 0.25) is 0 Å². The smallest absolute Gasteiger partial charge is 0.243 e. The summed E-state index contributed by atoms with van der Waals surface area (Å²) < 4.78 is 0. The minimum Gasteiger partial charge on any atom is -0.273 e. The van der Waals surface area contributed by atoms with Gasteiger partial charge in [-0.05, 0) is 38.5 Å². The lowest BCUT2D eigenvalue weighted by Gasteiger charge is -2.22. The van der Waals surface area contributed by atoms with E-state index in [9.17, 15) is 4.79 Å². The number of hydrazone groups is 1. The van der Waals surface area contributed by atoms with Gasteiger partial charge in [-0.1, -0.05) is 6.42 Å². The predicted molar refractivity (Wildman–Crippen MR) is 51.4 cm³/mol. The lowest BCUT2D eigenvalue weighted by atomic mass is 9.85. The number of hydrogen-bond donors (Lipinski definition) is 1. The molecule has 0 saturated heterocycles. The molecule has 0 spiro atoms. The largest absolute Gasteiger partial charge is 0.273 e. The summed E-state index contributed by atoms with van der Waals surface area (Å²) in [5.41, 5.74) is 3.85. The molecule has 0 aromatic carbocycles. The fourth-order valence-electron chi connectivity index (χ4n) is 1.79. The Labute approximate surface area is 78.6 Å². The van der Waals surface area contributed by atoms with Gasteiger partial charge in [0.1, 0.15) is 0 Å². The highest BCUT2D eigenvalue weighted by atomic mass is 16.2. The lowest BCUT2D eigenvalue weighted by Crippen LogP contribution is -2.31. The van der Waals surface area contributed by atoms with Gasteiger partial charge >= 0.3 is 0 Å². The Balaban J connectivity index is 1.76. The second-order valence-corrected chi connectivity index (χ2v) is 3.99. The molecule has 0 atom stereocenters. The normalized spacial score (nSPS) is 22.6. The van der Waals surface area contributed by atoms with Crippen LogP contribution >= 0.6 is 0 Å². The zero-order chi connectivity index (χ0) is 9.10. The van der Waals surface area contributed by atoms with Gasteiger partial charge in [-0.25, -0.2) is 5.43 Å². The Kier molecular flexibility index (Phi) is 2.62. The third-order valence-corrected chi connectivity index (χ3v) is 2.98. The Morgan fingerprint density at radius 2 is 1.92 bits per heavy atom. The van der Waals surface area contributed by atoms with E-state index >= 15 is 0 Å². The van der Waals surface area contributed by atoms with Gasteiger partial charge in [-0.3, -0.25) is 4.79 Å². The van der Waals surface area contributed by atoms with Gasteiger partial charge in [0.05, 0.1) is 0 Å².